The number of rotatable bonds is 9. The highest BCUT2D eigenvalue weighted by Crippen LogP contribution is 2.13. The molecule has 0 amide bonds. The van der Waals surface area contributed by atoms with Gasteiger partial charge in [-0.2, -0.15) is 0 Å². The molecule has 0 aliphatic carbocycles. The first-order valence-corrected chi connectivity index (χ1v) is 6.73. The van der Waals surface area contributed by atoms with E-state index in [1.807, 2.05) is 13.8 Å². The van der Waals surface area contributed by atoms with Gasteiger partial charge in [0.15, 0.2) is 0 Å². The molecule has 0 saturated heterocycles. The van der Waals surface area contributed by atoms with Crippen LogP contribution in [-0.4, -0.2) is 13.2 Å². The van der Waals surface area contributed by atoms with Crippen molar-refractivity contribution < 1.29 is 9.47 Å². The summed E-state index contributed by atoms with van der Waals surface area (Å²) in [5, 5.41) is 0. The molecule has 0 aromatic rings. The van der Waals surface area contributed by atoms with E-state index >= 15 is 0 Å². The second-order valence-electron chi connectivity index (χ2n) is 3.81. The Morgan fingerprint density at radius 3 is 1.71 bits per heavy atom. The minimum Gasteiger partial charge on any atom is -0.467 e. The average Bonchev–Trinajstić information content (AvgIpc) is 2.28. The summed E-state index contributed by atoms with van der Waals surface area (Å²) in [4.78, 5) is 0. The fourth-order valence-electron chi connectivity index (χ4n) is 1.16. The van der Waals surface area contributed by atoms with E-state index in [1.54, 1.807) is 0 Å². The van der Waals surface area contributed by atoms with Gasteiger partial charge in [-0.15, -0.1) is 0 Å². The van der Waals surface area contributed by atoms with E-state index in [0.717, 1.165) is 50.4 Å². The Balaban J connectivity index is 0. The Morgan fingerprint density at radius 2 is 1.35 bits per heavy atom. The summed E-state index contributed by atoms with van der Waals surface area (Å²) >= 11 is 0. The summed E-state index contributed by atoms with van der Waals surface area (Å²) in [6, 6.07) is 0. The molecule has 0 bridgehead atoms. The first kappa shape index (κ1) is 18.6. The third-order valence-corrected chi connectivity index (χ3v) is 2.03. The Bertz CT molecular complexity index is 183. The van der Waals surface area contributed by atoms with Gasteiger partial charge in [0.1, 0.15) is 0 Å². The number of unbranched alkanes of at least 4 members (excludes halogenated alkanes) is 1. The molecule has 0 aliphatic rings. The van der Waals surface area contributed by atoms with Gasteiger partial charge in [0.25, 0.3) is 0 Å². The summed E-state index contributed by atoms with van der Waals surface area (Å²) < 4.78 is 10.2. The van der Waals surface area contributed by atoms with Crippen molar-refractivity contribution in [1.82, 2.24) is 0 Å². The molecule has 0 aromatic heterocycles. The van der Waals surface area contributed by atoms with Crippen molar-refractivity contribution in [3.63, 3.8) is 0 Å². The van der Waals surface area contributed by atoms with Crippen molar-refractivity contribution in [2.45, 2.75) is 59.8 Å². The largest absolute Gasteiger partial charge is 0.467 e. The lowest BCUT2D eigenvalue weighted by Crippen LogP contribution is -1.90. The predicted octanol–water partition coefficient (Wildman–Crippen LogP) is 5.06. The molecule has 0 radical (unpaired) electrons. The molecule has 0 N–H and O–H groups in total. The third kappa shape index (κ3) is 17.8. The van der Waals surface area contributed by atoms with Crippen LogP contribution in [0.1, 0.15) is 59.8 Å². The first-order valence-electron chi connectivity index (χ1n) is 6.73. The van der Waals surface area contributed by atoms with Crippen LogP contribution in [0.3, 0.4) is 0 Å². The molecular weight excluding hydrogens is 212 g/mol. The molecule has 0 fully saturated rings. The molecule has 2 heteroatoms. The quantitative estimate of drug-likeness (QED) is 0.526. The van der Waals surface area contributed by atoms with Gasteiger partial charge in [-0.25, -0.2) is 0 Å². The summed E-state index contributed by atoms with van der Waals surface area (Å²) in [7, 11) is 0. The van der Waals surface area contributed by atoms with Crippen LogP contribution in [0.2, 0.25) is 0 Å². The normalized spacial score (nSPS) is 9.18. The molecule has 0 unspecified atom stereocenters. The predicted molar refractivity (Wildman–Crippen MR) is 76.0 cm³/mol. The number of ether oxygens (including phenoxy) is 2. The molecule has 2 nitrogen and oxygen atoms in total. The van der Waals surface area contributed by atoms with Gasteiger partial charge in [0.2, 0.25) is 0 Å². The molecular formula is C15H30O2. The van der Waals surface area contributed by atoms with Crippen LogP contribution in [0.15, 0.2) is 24.7 Å². The zero-order chi connectivity index (χ0) is 13.5. The van der Waals surface area contributed by atoms with E-state index in [4.69, 9.17) is 9.47 Å². The fourth-order valence-corrected chi connectivity index (χ4v) is 1.16. The van der Waals surface area contributed by atoms with Crippen LogP contribution in [0, 0.1) is 0 Å². The zero-order valence-electron chi connectivity index (χ0n) is 12.2. The van der Waals surface area contributed by atoms with Crippen LogP contribution in [0.5, 0.6) is 0 Å². The Morgan fingerprint density at radius 1 is 0.824 bits per heavy atom. The van der Waals surface area contributed by atoms with Crippen molar-refractivity contribution in [3.8, 4) is 0 Å². The number of allylic oxidation sites excluding steroid dienone is 2. The van der Waals surface area contributed by atoms with Gasteiger partial charge in [-0.1, -0.05) is 33.4 Å². The lowest BCUT2D eigenvalue weighted by molar-refractivity contribution is 0.162. The lowest BCUT2D eigenvalue weighted by Gasteiger charge is -2.09. The standard InChI is InChI=1S/C11H20O.C4H10O/c1-5-7-9-11(4)12-10(3)8-6-2;1-3-5-4-2/h3-9H2,1-2H3;3-4H2,1-2H3. The molecule has 0 heterocycles. The van der Waals surface area contributed by atoms with E-state index in [9.17, 15) is 0 Å². The van der Waals surface area contributed by atoms with Crippen molar-refractivity contribution in [2.75, 3.05) is 13.2 Å². The maximum atomic E-state index is 5.40. The van der Waals surface area contributed by atoms with Gasteiger partial charge < -0.3 is 9.47 Å². The number of hydrogen-bond acceptors (Lipinski definition) is 2. The Labute approximate surface area is 108 Å². The Kier molecular flexibility index (Phi) is 16.7. The van der Waals surface area contributed by atoms with Crippen molar-refractivity contribution in [2.24, 2.45) is 0 Å². The summed E-state index contributed by atoms with van der Waals surface area (Å²) in [6.07, 6.45) is 5.31. The molecule has 0 saturated carbocycles. The maximum Gasteiger partial charge on any atom is 0.0964 e. The van der Waals surface area contributed by atoms with Crippen molar-refractivity contribution in [3.05, 3.63) is 24.7 Å². The second kappa shape index (κ2) is 15.2. The van der Waals surface area contributed by atoms with E-state index in [0.29, 0.717) is 0 Å². The SMILES string of the molecule is C=C(CCC)OC(=C)CCCC.CCOCC. The summed E-state index contributed by atoms with van der Waals surface area (Å²) in [6.45, 7) is 17.6. The van der Waals surface area contributed by atoms with Gasteiger partial charge in [0.05, 0.1) is 11.5 Å². The molecule has 0 aromatic carbocycles. The van der Waals surface area contributed by atoms with Crippen molar-refractivity contribution >= 4 is 0 Å². The van der Waals surface area contributed by atoms with Crippen LogP contribution in [0.4, 0.5) is 0 Å². The van der Waals surface area contributed by atoms with Crippen LogP contribution in [0.25, 0.3) is 0 Å². The lowest BCUT2D eigenvalue weighted by atomic mass is 10.2. The van der Waals surface area contributed by atoms with Gasteiger partial charge in [-0.3, -0.25) is 0 Å². The monoisotopic (exact) mass is 242 g/mol. The molecule has 0 rings (SSSR count). The fraction of sp³-hybridized carbons (Fsp3) is 0.733. The molecule has 0 aliphatic heterocycles. The van der Waals surface area contributed by atoms with Crippen LogP contribution >= 0.6 is 0 Å². The summed E-state index contributed by atoms with van der Waals surface area (Å²) in [5.74, 6) is 1.70. The molecule has 102 valence electrons. The van der Waals surface area contributed by atoms with Gasteiger partial charge >= 0.3 is 0 Å². The molecule has 0 spiro atoms. The molecule has 0 atom stereocenters. The van der Waals surface area contributed by atoms with E-state index in [2.05, 4.69) is 27.0 Å². The third-order valence-electron chi connectivity index (χ3n) is 2.03. The van der Waals surface area contributed by atoms with Crippen LogP contribution < -0.4 is 0 Å². The molecule has 17 heavy (non-hydrogen) atoms. The highest BCUT2D eigenvalue weighted by molar-refractivity contribution is 4.92. The maximum absolute atomic E-state index is 5.40. The highest BCUT2D eigenvalue weighted by atomic mass is 16.5. The highest BCUT2D eigenvalue weighted by Gasteiger charge is 1.97. The smallest absolute Gasteiger partial charge is 0.0964 e. The van der Waals surface area contributed by atoms with Gasteiger partial charge in [0, 0.05) is 26.1 Å². The summed E-state index contributed by atoms with van der Waals surface area (Å²) in [5.41, 5.74) is 0. The topological polar surface area (TPSA) is 18.5 Å². The van der Waals surface area contributed by atoms with Gasteiger partial charge in [-0.05, 0) is 26.7 Å². The number of hydrogen-bond donors (Lipinski definition) is 0. The minimum atomic E-state index is 0.844. The van der Waals surface area contributed by atoms with Crippen LogP contribution in [-0.2, 0) is 9.47 Å². The van der Waals surface area contributed by atoms with Crippen molar-refractivity contribution in [1.29, 1.82) is 0 Å². The average molecular weight is 242 g/mol. The van der Waals surface area contributed by atoms with E-state index in [-0.39, 0.29) is 0 Å². The van der Waals surface area contributed by atoms with E-state index < -0.39 is 0 Å². The minimum absolute atomic E-state index is 0.844. The second-order valence-corrected chi connectivity index (χ2v) is 3.81. The first-order chi connectivity index (χ1) is 8.12. The zero-order valence-corrected chi connectivity index (χ0v) is 12.2. The Hall–Kier alpha value is -0.760. The van der Waals surface area contributed by atoms with E-state index in [1.165, 1.54) is 6.42 Å².